The van der Waals surface area contributed by atoms with Crippen LogP contribution in [0.4, 0.5) is 10.1 Å². The summed E-state index contributed by atoms with van der Waals surface area (Å²) in [4.78, 5) is 37.0. The minimum Gasteiger partial charge on any atom is -0.490 e. The lowest BCUT2D eigenvalue weighted by Gasteiger charge is -2.16. The Balaban J connectivity index is 1.74. The topological polar surface area (TPSA) is 84.9 Å². The number of amides is 2. The maximum atomic E-state index is 12.9. The van der Waals surface area contributed by atoms with Gasteiger partial charge in [-0.05, 0) is 48.0 Å². The molecular formula is C23H23FN2O5. The van der Waals surface area contributed by atoms with Gasteiger partial charge in [0.15, 0.2) is 6.61 Å². The largest absolute Gasteiger partial charge is 0.490 e. The number of carbonyl (C=O) groups is 3. The molecule has 8 heteroatoms. The highest BCUT2D eigenvalue weighted by molar-refractivity contribution is 5.95. The van der Waals surface area contributed by atoms with Gasteiger partial charge in [-0.25, -0.2) is 9.18 Å². The van der Waals surface area contributed by atoms with Crippen LogP contribution < -0.4 is 10.1 Å². The second kappa shape index (κ2) is 11.9. The number of rotatable bonds is 10. The third kappa shape index (κ3) is 8.53. The zero-order valence-corrected chi connectivity index (χ0v) is 17.0. The van der Waals surface area contributed by atoms with Crippen LogP contribution in [0.5, 0.6) is 5.75 Å². The van der Waals surface area contributed by atoms with Gasteiger partial charge in [0.2, 0.25) is 5.91 Å². The van der Waals surface area contributed by atoms with Gasteiger partial charge in [0.05, 0.1) is 6.54 Å². The Bertz CT molecular complexity index is 939. The van der Waals surface area contributed by atoms with Gasteiger partial charge in [-0.2, -0.15) is 0 Å². The van der Waals surface area contributed by atoms with Crippen LogP contribution in [0.1, 0.15) is 5.56 Å². The summed E-state index contributed by atoms with van der Waals surface area (Å²) in [6.07, 6.45) is 4.39. The molecule has 0 aliphatic heterocycles. The summed E-state index contributed by atoms with van der Waals surface area (Å²) in [7, 11) is 1.41. The monoisotopic (exact) mass is 426 g/mol. The third-order valence-corrected chi connectivity index (χ3v) is 3.93. The van der Waals surface area contributed by atoms with Crippen molar-refractivity contribution in [2.75, 3.05) is 32.1 Å². The van der Waals surface area contributed by atoms with Crippen molar-refractivity contribution in [3.8, 4) is 5.75 Å². The number of carbonyl (C=O) groups excluding carboxylic acids is 3. The van der Waals surface area contributed by atoms with Crippen molar-refractivity contribution < 1.29 is 28.2 Å². The van der Waals surface area contributed by atoms with E-state index in [0.29, 0.717) is 18.0 Å². The van der Waals surface area contributed by atoms with Gasteiger partial charge >= 0.3 is 5.97 Å². The molecule has 0 aliphatic rings. The predicted octanol–water partition coefficient (Wildman–Crippen LogP) is 3.04. The number of likely N-dealkylation sites (N-methyl/N-ethyl adjacent to an activating group) is 1. The molecule has 0 aromatic heterocycles. The van der Waals surface area contributed by atoms with E-state index in [1.807, 2.05) is 0 Å². The van der Waals surface area contributed by atoms with E-state index in [-0.39, 0.29) is 6.54 Å². The molecule has 2 rings (SSSR count). The first-order chi connectivity index (χ1) is 14.9. The predicted molar refractivity (Wildman–Crippen MR) is 115 cm³/mol. The van der Waals surface area contributed by atoms with Crippen molar-refractivity contribution >= 4 is 29.5 Å². The van der Waals surface area contributed by atoms with Gasteiger partial charge in [0.1, 0.15) is 18.2 Å². The van der Waals surface area contributed by atoms with Gasteiger partial charge in [0.25, 0.3) is 5.91 Å². The Morgan fingerprint density at radius 1 is 1.10 bits per heavy atom. The Morgan fingerprint density at radius 3 is 2.42 bits per heavy atom. The minimum atomic E-state index is -0.690. The lowest BCUT2D eigenvalue weighted by Crippen LogP contribution is -2.37. The van der Waals surface area contributed by atoms with Crippen LogP contribution in [0.15, 0.2) is 67.3 Å². The Labute approximate surface area is 179 Å². The zero-order chi connectivity index (χ0) is 22.6. The number of nitrogens with zero attached hydrogens (tertiary/aromatic N) is 1. The molecule has 0 saturated heterocycles. The van der Waals surface area contributed by atoms with Crippen molar-refractivity contribution in [2.45, 2.75) is 0 Å². The van der Waals surface area contributed by atoms with E-state index in [2.05, 4.69) is 11.9 Å². The van der Waals surface area contributed by atoms with Crippen molar-refractivity contribution in [1.29, 1.82) is 0 Å². The molecule has 0 heterocycles. The van der Waals surface area contributed by atoms with Crippen LogP contribution in [0, 0.1) is 5.82 Å². The molecule has 1 N–H and O–H groups in total. The van der Waals surface area contributed by atoms with Crippen LogP contribution in [0.3, 0.4) is 0 Å². The van der Waals surface area contributed by atoms with Gasteiger partial charge in [-0.1, -0.05) is 24.8 Å². The summed E-state index contributed by atoms with van der Waals surface area (Å²) in [5.74, 6) is -1.44. The summed E-state index contributed by atoms with van der Waals surface area (Å²) in [5, 5.41) is 2.54. The minimum absolute atomic E-state index is 0.246. The second-order valence-corrected chi connectivity index (χ2v) is 6.41. The molecule has 0 atom stereocenters. The Hall–Kier alpha value is -3.94. The van der Waals surface area contributed by atoms with E-state index in [1.54, 1.807) is 36.4 Å². The number of esters is 1. The molecular weight excluding hydrogens is 403 g/mol. The van der Waals surface area contributed by atoms with Gasteiger partial charge < -0.3 is 19.7 Å². The van der Waals surface area contributed by atoms with Crippen LogP contribution in [-0.4, -0.2) is 49.5 Å². The molecule has 0 spiro atoms. The third-order valence-electron chi connectivity index (χ3n) is 3.93. The Morgan fingerprint density at radius 2 is 1.77 bits per heavy atom. The average molecular weight is 426 g/mol. The molecule has 162 valence electrons. The van der Waals surface area contributed by atoms with E-state index in [9.17, 15) is 18.8 Å². The molecule has 0 unspecified atom stereocenters. The van der Waals surface area contributed by atoms with Gasteiger partial charge in [0, 0.05) is 18.8 Å². The SMILES string of the molecule is C=CCOc1ccc(/C=C/C(=O)OCC(=O)N(C)CC(=O)Nc2ccc(F)cc2)cc1. The lowest BCUT2D eigenvalue weighted by atomic mass is 10.2. The van der Waals surface area contributed by atoms with Crippen LogP contribution in [0.2, 0.25) is 0 Å². The standard InChI is InChI=1S/C23H23FN2O5/c1-3-14-30-20-11-4-17(5-12-20)6-13-23(29)31-16-22(28)26(2)15-21(27)25-19-9-7-18(24)8-10-19/h3-13H,1,14-16H2,2H3,(H,25,27)/b13-6+. The number of hydrogen-bond acceptors (Lipinski definition) is 5. The maximum absolute atomic E-state index is 12.9. The highest BCUT2D eigenvalue weighted by Gasteiger charge is 2.14. The molecule has 0 fully saturated rings. The van der Waals surface area contributed by atoms with E-state index in [4.69, 9.17) is 9.47 Å². The number of anilines is 1. The molecule has 0 saturated carbocycles. The molecule has 0 bridgehead atoms. The molecule has 2 amide bonds. The average Bonchev–Trinajstić information content (AvgIpc) is 2.76. The first-order valence-corrected chi connectivity index (χ1v) is 9.35. The Kier molecular flexibility index (Phi) is 8.97. The molecule has 0 radical (unpaired) electrons. The normalized spacial score (nSPS) is 10.4. The summed E-state index contributed by atoms with van der Waals surface area (Å²) < 4.78 is 23.2. The van der Waals surface area contributed by atoms with Crippen LogP contribution in [-0.2, 0) is 19.1 Å². The number of halogens is 1. The zero-order valence-electron chi connectivity index (χ0n) is 17.0. The number of nitrogens with one attached hydrogen (secondary N) is 1. The first-order valence-electron chi connectivity index (χ1n) is 9.35. The molecule has 31 heavy (non-hydrogen) atoms. The number of benzene rings is 2. The fraction of sp³-hybridized carbons (Fsp3) is 0.174. The summed E-state index contributed by atoms with van der Waals surface area (Å²) in [6, 6.07) is 12.3. The fourth-order valence-electron chi connectivity index (χ4n) is 2.32. The quantitative estimate of drug-likeness (QED) is 0.359. The van der Waals surface area contributed by atoms with Crippen molar-refractivity contribution in [3.63, 3.8) is 0 Å². The molecule has 7 nitrogen and oxygen atoms in total. The molecule has 2 aromatic rings. The highest BCUT2D eigenvalue weighted by atomic mass is 19.1. The summed E-state index contributed by atoms with van der Waals surface area (Å²) in [5.41, 5.74) is 1.16. The second-order valence-electron chi connectivity index (χ2n) is 6.41. The summed E-state index contributed by atoms with van der Waals surface area (Å²) >= 11 is 0. The van der Waals surface area contributed by atoms with Gasteiger partial charge in [-0.3, -0.25) is 9.59 Å². The van der Waals surface area contributed by atoms with Crippen molar-refractivity contribution in [2.24, 2.45) is 0 Å². The van der Waals surface area contributed by atoms with Gasteiger partial charge in [-0.15, -0.1) is 0 Å². The molecule has 0 aliphatic carbocycles. The van der Waals surface area contributed by atoms with Crippen LogP contribution in [0.25, 0.3) is 6.08 Å². The van der Waals surface area contributed by atoms with Crippen molar-refractivity contribution in [1.82, 2.24) is 4.90 Å². The van der Waals surface area contributed by atoms with E-state index < -0.39 is 30.2 Å². The smallest absolute Gasteiger partial charge is 0.331 e. The number of ether oxygens (including phenoxy) is 2. The van der Waals surface area contributed by atoms with E-state index >= 15 is 0 Å². The maximum Gasteiger partial charge on any atom is 0.331 e. The van der Waals surface area contributed by atoms with E-state index in [1.165, 1.54) is 37.4 Å². The number of hydrogen-bond donors (Lipinski definition) is 1. The van der Waals surface area contributed by atoms with Crippen LogP contribution >= 0.6 is 0 Å². The first kappa shape index (κ1) is 23.3. The van der Waals surface area contributed by atoms with Crippen molar-refractivity contribution in [3.05, 3.63) is 78.6 Å². The molecule has 2 aromatic carbocycles. The van der Waals surface area contributed by atoms with E-state index in [0.717, 1.165) is 10.5 Å². The lowest BCUT2D eigenvalue weighted by molar-refractivity contribution is -0.148. The highest BCUT2D eigenvalue weighted by Crippen LogP contribution is 2.13. The summed E-state index contributed by atoms with van der Waals surface area (Å²) in [6.45, 7) is 3.22. The fourth-order valence-corrected chi connectivity index (χ4v) is 2.32.